The fourth-order valence-electron chi connectivity index (χ4n) is 2.48. The minimum absolute atomic E-state index is 0.159. The van der Waals surface area contributed by atoms with Crippen LogP contribution in [0.2, 0.25) is 0 Å². The van der Waals surface area contributed by atoms with Crippen LogP contribution in [0.4, 0.5) is 5.00 Å². The second-order valence-corrected chi connectivity index (χ2v) is 7.16. The minimum Gasteiger partial charge on any atom is -0.545 e. The summed E-state index contributed by atoms with van der Waals surface area (Å²) >= 11 is 3.51. The molecule has 3 rings (SSSR count). The standard InChI is InChI=1S/C15H12INO3S/c16-9-6-4-8(5-7-9)13(18)17-14-12(15(19)20)10-2-1-3-11(10)21-14/h4-7H,1-3H2,(H,17,18)(H,19,20)/p-1. The number of amides is 1. The van der Waals surface area contributed by atoms with Gasteiger partial charge in [-0.05, 0) is 71.7 Å². The molecular weight excluding hydrogens is 401 g/mol. The lowest BCUT2D eigenvalue weighted by molar-refractivity contribution is -0.254. The Balaban J connectivity index is 1.90. The van der Waals surface area contributed by atoms with Crippen molar-refractivity contribution in [2.75, 3.05) is 5.32 Å². The van der Waals surface area contributed by atoms with Gasteiger partial charge >= 0.3 is 0 Å². The van der Waals surface area contributed by atoms with E-state index in [1.165, 1.54) is 11.3 Å². The maximum atomic E-state index is 12.2. The van der Waals surface area contributed by atoms with Crippen LogP contribution >= 0.6 is 33.9 Å². The normalized spacial score (nSPS) is 13.0. The molecule has 0 saturated heterocycles. The highest BCUT2D eigenvalue weighted by molar-refractivity contribution is 14.1. The highest BCUT2D eigenvalue weighted by atomic mass is 127. The number of carboxylic acids is 1. The Bertz CT molecular complexity index is 721. The van der Waals surface area contributed by atoms with Gasteiger partial charge in [0.25, 0.3) is 5.91 Å². The number of rotatable bonds is 3. The van der Waals surface area contributed by atoms with Gasteiger partial charge < -0.3 is 15.2 Å². The first-order chi connectivity index (χ1) is 10.1. The van der Waals surface area contributed by atoms with E-state index in [0.29, 0.717) is 10.6 Å². The van der Waals surface area contributed by atoms with Crippen LogP contribution in [-0.4, -0.2) is 11.9 Å². The van der Waals surface area contributed by atoms with E-state index in [-0.39, 0.29) is 11.5 Å². The summed E-state index contributed by atoms with van der Waals surface area (Å²) in [6.45, 7) is 0. The van der Waals surface area contributed by atoms with Gasteiger partial charge in [0, 0.05) is 19.6 Å². The quantitative estimate of drug-likeness (QED) is 0.788. The van der Waals surface area contributed by atoms with E-state index in [1.807, 2.05) is 12.1 Å². The molecule has 1 amide bonds. The number of anilines is 1. The first-order valence-corrected chi connectivity index (χ1v) is 8.38. The fraction of sp³-hybridized carbons (Fsp3) is 0.200. The number of hydrogen-bond donors (Lipinski definition) is 1. The molecule has 0 aliphatic heterocycles. The number of carbonyl (C=O) groups excluding carboxylic acids is 2. The molecule has 21 heavy (non-hydrogen) atoms. The van der Waals surface area contributed by atoms with E-state index in [0.717, 1.165) is 33.3 Å². The predicted octanol–water partition coefficient (Wildman–Crippen LogP) is 2.46. The number of aromatic carboxylic acids is 1. The van der Waals surface area contributed by atoms with Crippen molar-refractivity contribution in [3.05, 3.63) is 49.4 Å². The van der Waals surface area contributed by atoms with Crippen molar-refractivity contribution in [2.45, 2.75) is 19.3 Å². The largest absolute Gasteiger partial charge is 0.545 e. The fourth-order valence-corrected chi connectivity index (χ4v) is 4.12. The van der Waals surface area contributed by atoms with Gasteiger partial charge in [-0.25, -0.2) is 0 Å². The lowest BCUT2D eigenvalue weighted by Crippen LogP contribution is -2.25. The lowest BCUT2D eigenvalue weighted by Gasteiger charge is -2.09. The van der Waals surface area contributed by atoms with Crippen LogP contribution < -0.4 is 10.4 Å². The Hall–Kier alpha value is -1.41. The van der Waals surface area contributed by atoms with Crippen molar-refractivity contribution in [3.63, 3.8) is 0 Å². The van der Waals surface area contributed by atoms with Crippen LogP contribution in [0.5, 0.6) is 0 Å². The molecule has 1 aromatic heterocycles. The topological polar surface area (TPSA) is 69.2 Å². The third-order valence-corrected chi connectivity index (χ3v) is 5.39. The number of thiophene rings is 1. The molecule has 1 aromatic carbocycles. The Morgan fingerprint density at radius 3 is 2.57 bits per heavy atom. The number of benzene rings is 1. The molecule has 0 fully saturated rings. The molecule has 6 heteroatoms. The van der Waals surface area contributed by atoms with E-state index in [1.54, 1.807) is 12.1 Å². The number of aryl methyl sites for hydroxylation is 1. The maximum absolute atomic E-state index is 12.2. The van der Waals surface area contributed by atoms with Crippen LogP contribution in [0, 0.1) is 3.57 Å². The number of fused-ring (bicyclic) bond motifs is 1. The summed E-state index contributed by atoms with van der Waals surface area (Å²) in [6.07, 6.45) is 2.58. The molecule has 0 atom stereocenters. The Morgan fingerprint density at radius 1 is 1.19 bits per heavy atom. The molecule has 1 heterocycles. The summed E-state index contributed by atoms with van der Waals surface area (Å²) in [7, 11) is 0. The molecule has 4 nitrogen and oxygen atoms in total. The van der Waals surface area contributed by atoms with Gasteiger partial charge in [-0.1, -0.05) is 0 Å². The summed E-state index contributed by atoms with van der Waals surface area (Å²) in [4.78, 5) is 24.6. The molecule has 2 aromatic rings. The minimum atomic E-state index is -1.22. The van der Waals surface area contributed by atoms with Gasteiger partial charge in [-0.15, -0.1) is 11.3 Å². The van der Waals surface area contributed by atoms with Crippen molar-refractivity contribution in [1.82, 2.24) is 0 Å². The number of carbonyl (C=O) groups is 2. The van der Waals surface area contributed by atoms with E-state index in [2.05, 4.69) is 27.9 Å². The summed E-state index contributed by atoms with van der Waals surface area (Å²) < 4.78 is 1.04. The average molecular weight is 412 g/mol. The third kappa shape index (κ3) is 2.82. The zero-order valence-electron chi connectivity index (χ0n) is 10.9. The number of carboxylic acid groups (broad SMARTS) is 1. The van der Waals surface area contributed by atoms with Crippen molar-refractivity contribution in [2.24, 2.45) is 0 Å². The van der Waals surface area contributed by atoms with Gasteiger partial charge in [-0.3, -0.25) is 4.79 Å². The predicted molar refractivity (Wildman–Crippen MR) is 87.8 cm³/mol. The van der Waals surface area contributed by atoms with Crippen LogP contribution in [0.1, 0.15) is 37.6 Å². The first kappa shape index (κ1) is 14.5. The van der Waals surface area contributed by atoms with E-state index in [9.17, 15) is 14.7 Å². The molecule has 1 N–H and O–H groups in total. The third-order valence-electron chi connectivity index (χ3n) is 3.46. The second-order valence-electron chi connectivity index (χ2n) is 4.81. The van der Waals surface area contributed by atoms with Crippen LogP contribution in [0.25, 0.3) is 0 Å². The molecule has 108 valence electrons. The van der Waals surface area contributed by atoms with Crippen molar-refractivity contribution in [3.8, 4) is 0 Å². The number of halogens is 1. The van der Waals surface area contributed by atoms with Crippen LogP contribution in [-0.2, 0) is 12.8 Å². The Labute approximate surface area is 139 Å². The zero-order valence-corrected chi connectivity index (χ0v) is 13.9. The smallest absolute Gasteiger partial charge is 0.256 e. The maximum Gasteiger partial charge on any atom is 0.256 e. The zero-order chi connectivity index (χ0) is 15.0. The average Bonchev–Trinajstić information content (AvgIpc) is 2.98. The molecule has 0 radical (unpaired) electrons. The summed E-state index contributed by atoms with van der Waals surface area (Å²) in [6, 6.07) is 7.11. The molecule has 0 unspecified atom stereocenters. The number of nitrogens with one attached hydrogen (secondary N) is 1. The molecule has 0 spiro atoms. The second kappa shape index (κ2) is 5.76. The Morgan fingerprint density at radius 2 is 1.90 bits per heavy atom. The van der Waals surface area contributed by atoms with Crippen LogP contribution in [0.15, 0.2) is 24.3 Å². The van der Waals surface area contributed by atoms with Gasteiger partial charge in [0.2, 0.25) is 0 Å². The highest BCUT2D eigenvalue weighted by Gasteiger charge is 2.23. The molecule has 1 aliphatic carbocycles. The lowest BCUT2D eigenvalue weighted by atomic mass is 10.1. The summed E-state index contributed by atoms with van der Waals surface area (Å²) in [5, 5.41) is 14.5. The molecular formula is C15H11INO3S-. The Kier molecular flexibility index (Phi) is 3.99. The molecule has 1 aliphatic rings. The molecule has 0 bridgehead atoms. The van der Waals surface area contributed by atoms with Gasteiger partial charge in [0.15, 0.2) is 0 Å². The summed E-state index contributed by atoms with van der Waals surface area (Å²) in [5.74, 6) is -1.51. The monoisotopic (exact) mass is 412 g/mol. The van der Waals surface area contributed by atoms with Crippen LogP contribution in [0.3, 0.4) is 0 Å². The van der Waals surface area contributed by atoms with E-state index >= 15 is 0 Å². The highest BCUT2D eigenvalue weighted by Crippen LogP contribution is 2.38. The van der Waals surface area contributed by atoms with E-state index in [4.69, 9.17) is 0 Å². The van der Waals surface area contributed by atoms with E-state index < -0.39 is 5.97 Å². The van der Waals surface area contributed by atoms with Gasteiger partial charge in [0.05, 0.1) is 5.97 Å². The van der Waals surface area contributed by atoms with Gasteiger partial charge in [-0.2, -0.15) is 0 Å². The summed E-state index contributed by atoms with van der Waals surface area (Å²) in [5.41, 5.74) is 1.50. The van der Waals surface area contributed by atoms with Gasteiger partial charge in [0.1, 0.15) is 5.00 Å². The SMILES string of the molecule is O=C(Nc1sc2c(c1C(=O)[O-])CCC2)c1ccc(I)cc1. The van der Waals surface area contributed by atoms with Crippen molar-refractivity contribution in [1.29, 1.82) is 0 Å². The first-order valence-electron chi connectivity index (χ1n) is 6.49. The van der Waals surface area contributed by atoms with Crippen molar-refractivity contribution < 1.29 is 14.7 Å². The van der Waals surface area contributed by atoms with Crippen molar-refractivity contribution >= 4 is 50.8 Å². The molecule has 0 saturated carbocycles. The number of hydrogen-bond acceptors (Lipinski definition) is 4.